The summed E-state index contributed by atoms with van der Waals surface area (Å²) >= 11 is 0. The molecule has 0 radical (unpaired) electrons. The van der Waals surface area contributed by atoms with Crippen LogP contribution in [0.5, 0.6) is 11.5 Å². The molecule has 0 spiro atoms. The first-order chi connectivity index (χ1) is 16.8. The number of esters is 2. The number of aryl methyl sites for hydroxylation is 2. The van der Waals surface area contributed by atoms with Gasteiger partial charge in [-0.3, -0.25) is 9.59 Å². The van der Waals surface area contributed by atoms with Crippen LogP contribution in [0, 0.1) is 12.8 Å². The molecule has 1 heterocycles. The summed E-state index contributed by atoms with van der Waals surface area (Å²) in [6.45, 7) is 7.39. The molecule has 0 aliphatic heterocycles. The molecule has 0 saturated heterocycles. The van der Waals surface area contributed by atoms with E-state index in [4.69, 9.17) is 14.2 Å². The lowest BCUT2D eigenvalue weighted by Crippen LogP contribution is -2.42. The predicted octanol–water partition coefficient (Wildman–Crippen LogP) is 3.96. The maximum atomic E-state index is 13.0. The third-order valence-corrected chi connectivity index (χ3v) is 6.48. The third-order valence-electron chi connectivity index (χ3n) is 6.48. The minimum atomic E-state index is -0.920. The minimum absolute atomic E-state index is 0.0654. The van der Waals surface area contributed by atoms with Gasteiger partial charge in [0.1, 0.15) is 12.1 Å². The number of nitrogens with one attached hydrogen (secondary N) is 1. The summed E-state index contributed by atoms with van der Waals surface area (Å²) in [7, 11) is 1.41. The molecule has 1 N–H and O–H groups in total. The fourth-order valence-electron chi connectivity index (χ4n) is 4.28. The Hall–Kier alpha value is -3.42. The summed E-state index contributed by atoms with van der Waals surface area (Å²) < 4.78 is 16.5. The maximum absolute atomic E-state index is 13.0. The largest absolute Gasteiger partial charge is 0.493 e. The number of rotatable bonds is 9. The second-order valence-electron chi connectivity index (χ2n) is 8.83. The van der Waals surface area contributed by atoms with Crippen molar-refractivity contribution in [1.29, 1.82) is 0 Å². The van der Waals surface area contributed by atoms with E-state index in [9.17, 15) is 14.4 Å². The molecule has 1 unspecified atom stereocenters. The van der Waals surface area contributed by atoms with Crippen molar-refractivity contribution in [3.05, 3.63) is 52.8 Å². The van der Waals surface area contributed by atoms with Crippen LogP contribution < -0.4 is 14.8 Å². The van der Waals surface area contributed by atoms with Gasteiger partial charge in [0, 0.05) is 18.7 Å². The van der Waals surface area contributed by atoms with E-state index in [-0.39, 0.29) is 29.2 Å². The van der Waals surface area contributed by atoms with Crippen molar-refractivity contribution in [2.45, 2.75) is 71.9 Å². The van der Waals surface area contributed by atoms with E-state index in [1.165, 1.54) is 36.1 Å². The molecule has 0 saturated carbocycles. The van der Waals surface area contributed by atoms with Gasteiger partial charge in [0.25, 0.3) is 5.91 Å². The highest BCUT2D eigenvalue weighted by Crippen LogP contribution is 2.31. The van der Waals surface area contributed by atoms with Crippen molar-refractivity contribution in [3.63, 3.8) is 0 Å². The molecule has 3 rings (SSSR count). The molecule has 2 atom stereocenters. The monoisotopic (exact) mass is 482 g/mol. The summed E-state index contributed by atoms with van der Waals surface area (Å²) in [4.78, 5) is 42.4. The molecule has 1 aromatic carbocycles. The van der Waals surface area contributed by atoms with Crippen LogP contribution in [-0.4, -0.2) is 42.1 Å². The number of ether oxygens (including phenoxy) is 3. The zero-order valence-electron chi connectivity index (χ0n) is 21.1. The highest BCUT2D eigenvalue weighted by atomic mass is 16.6. The Balaban J connectivity index is 1.68. The number of carbonyl (C=O) groups excluding carboxylic acids is 3. The van der Waals surface area contributed by atoms with Crippen LogP contribution in [0.1, 0.15) is 67.2 Å². The van der Waals surface area contributed by atoms with Crippen molar-refractivity contribution in [3.8, 4) is 11.5 Å². The van der Waals surface area contributed by atoms with Gasteiger partial charge in [0.2, 0.25) is 5.75 Å². The molecular weight excluding hydrogens is 448 g/mol. The molecule has 1 aliphatic carbocycles. The Kier molecular flexibility index (Phi) is 8.84. The van der Waals surface area contributed by atoms with Crippen LogP contribution in [0.3, 0.4) is 0 Å². The van der Waals surface area contributed by atoms with E-state index in [0.717, 1.165) is 12.8 Å². The number of amides is 1. The number of hydrogen-bond donors (Lipinski definition) is 1. The van der Waals surface area contributed by atoms with Crippen LogP contribution in [0.2, 0.25) is 0 Å². The van der Waals surface area contributed by atoms with Gasteiger partial charge in [-0.05, 0) is 56.2 Å². The molecule has 1 amide bonds. The summed E-state index contributed by atoms with van der Waals surface area (Å²) in [5.74, 6) is -1.82. The standard InChI is InChI=1S/C27H34N2O6/c1-6-18(7-2)27(32)35-24-22(33-5)13-14-28-23(24)25(30)29-17(4)26(31)34-20-12-11-19-10-8-9-16(3)21(19)15-20/h8-10,13-14,17-18,20H,6-7,11-12,15H2,1-5H3,(H,29,30)/t17-,20?/m0/s1. The van der Waals surface area contributed by atoms with Crippen LogP contribution in [0.4, 0.5) is 0 Å². The third kappa shape index (κ3) is 6.18. The summed E-state index contributed by atoms with van der Waals surface area (Å²) in [5, 5.41) is 2.62. The van der Waals surface area contributed by atoms with Gasteiger partial charge in [-0.25, -0.2) is 9.78 Å². The Morgan fingerprint density at radius 1 is 1.14 bits per heavy atom. The molecule has 8 nitrogen and oxygen atoms in total. The minimum Gasteiger partial charge on any atom is -0.493 e. The molecular formula is C27H34N2O6. The lowest BCUT2D eigenvalue weighted by atomic mass is 9.87. The zero-order chi connectivity index (χ0) is 25.5. The van der Waals surface area contributed by atoms with E-state index in [2.05, 4.69) is 29.4 Å². The highest BCUT2D eigenvalue weighted by molar-refractivity contribution is 5.98. The average Bonchev–Trinajstić information content (AvgIpc) is 2.85. The van der Waals surface area contributed by atoms with E-state index < -0.39 is 23.9 Å². The van der Waals surface area contributed by atoms with Gasteiger partial charge in [-0.1, -0.05) is 32.0 Å². The fourth-order valence-corrected chi connectivity index (χ4v) is 4.28. The first kappa shape index (κ1) is 26.2. The maximum Gasteiger partial charge on any atom is 0.328 e. The van der Waals surface area contributed by atoms with Crippen molar-refractivity contribution in [2.75, 3.05) is 7.11 Å². The van der Waals surface area contributed by atoms with Crippen LogP contribution in [-0.2, 0) is 27.2 Å². The van der Waals surface area contributed by atoms with Crippen LogP contribution >= 0.6 is 0 Å². The smallest absolute Gasteiger partial charge is 0.328 e. The molecule has 1 aromatic heterocycles. The zero-order valence-corrected chi connectivity index (χ0v) is 21.1. The number of carbonyl (C=O) groups is 3. The van der Waals surface area contributed by atoms with Gasteiger partial charge in [-0.2, -0.15) is 0 Å². The second kappa shape index (κ2) is 11.8. The number of aromatic nitrogens is 1. The Bertz CT molecular complexity index is 1080. The molecule has 1 aliphatic rings. The van der Waals surface area contributed by atoms with E-state index >= 15 is 0 Å². The van der Waals surface area contributed by atoms with Gasteiger partial charge in [-0.15, -0.1) is 0 Å². The van der Waals surface area contributed by atoms with Gasteiger partial charge in [0.15, 0.2) is 11.4 Å². The molecule has 35 heavy (non-hydrogen) atoms. The molecule has 0 fully saturated rings. The lowest BCUT2D eigenvalue weighted by Gasteiger charge is -2.27. The normalized spacial score (nSPS) is 15.7. The number of nitrogens with zero attached hydrogens (tertiary/aromatic N) is 1. The first-order valence-electron chi connectivity index (χ1n) is 12.1. The van der Waals surface area contributed by atoms with Crippen LogP contribution in [0.25, 0.3) is 0 Å². The topological polar surface area (TPSA) is 104 Å². The Labute approximate surface area is 206 Å². The first-order valence-corrected chi connectivity index (χ1v) is 12.1. The summed E-state index contributed by atoms with van der Waals surface area (Å²) in [6.07, 6.45) is 4.57. The molecule has 188 valence electrons. The molecule has 0 bridgehead atoms. The summed E-state index contributed by atoms with van der Waals surface area (Å²) in [5.41, 5.74) is 3.56. The number of hydrogen-bond acceptors (Lipinski definition) is 7. The second-order valence-corrected chi connectivity index (χ2v) is 8.83. The van der Waals surface area contributed by atoms with Crippen molar-refractivity contribution < 1.29 is 28.6 Å². The van der Waals surface area contributed by atoms with E-state index in [1.54, 1.807) is 6.92 Å². The fraction of sp³-hybridized carbons (Fsp3) is 0.481. The van der Waals surface area contributed by atoms with Gasteiger partial charge in [0.05, 0.1) is 13.0 Å². The highest BCUT2D eigenvalue weighted by Gasteiger charge is 2.29. The van der Waals surface area contributed by atoms with Crippen molar-refractivity contribution in [2.24, 2.45) is 5.92 Å². The van der Waals surface area contributed by atoms with Gasteiger partial charge < -0.3 is 19.5 Å². The Morgan fingerprint density at radius 3 is 2.57 bits per heavy atom. The average molecular weight is 483 g/mol. The van der Waals surface area contributed by atoms with Crippen molar-refractivity contribution >= 4 is 17.8 Å². The quantitative estimate of drug-likeness (QED) is 0.540. The summed E-state index contributed by atoms with van der Waals surface area (Å²) in [6, 6.07) is 6.79. The van der Waals surface area contributed by atoms with Crippen LogP contribution in [0.15, 0.2) is 30.5 Å². The number of fused-ring (bicyclic) bond motifs is 1. The predicted molar refractivity (Wildman–Crippen MR) is 131 cm³/mol. The van der Waals surface area contributed by atoms with E-state index in [0.29, 0.717) is 19.3 Å². The molecule has 2 aromatic rings. The number of pyridine rings is 1. The molecule has 8 heteroatoms. The van der Waals surface area contributed by atoms with Crippen molar-refractivity contribution in [1.82, 2.24) is 10.3 Å². The SMILES string of the molecule is CCC(CC)C(=O)Oc1c(OC)ccnc1C(=O)N[C@@H](C)C(=O)OC1CCc2cccc(C)c2C1. The number of benzene rings is 1. The van der Waals surface area contributed by atoms with Gasteiger partial charge >= 0.3 is 11.9 Å². The number of methoxy groups -OCH3 is 1. The van der Waals surface area contributed by atoms with E-state index in [1.807, 2.05) is 19.9 Å². The Morgan fingerprint density at radius 2 is 1.89 bits per heavy atom. The lowest BCUT2D eigenvalue weighted by molar-refractivity contribution is -0.151.